The van der Waals surface area contributed by atoms with Gasteiger partial charge in [-0.2, -0.15) is 0 Å². The topological polar surface area (TPSA) is 115 Å². The number of hydrogen-bond donors (Lipinski definition) is 4. The number of benzene rings is 2. The number of carbonyl (C=O) groups is 2. The molecule has 3 rings (SSSR count). The van der Waals surface area contributed by atoms with Crippen LogP contribution in [0.4, 0.5) is 0 Å². The summed E-state index contributed by atoms with van der Waals surface area (Å²) in [7, 11) is 0. The molecule has 0 aliphatic carbocycles. The Morgan fingerprint density at radius 1 is 1.11 bits per heavy atom. The van der Waals surface area contributed by atoms with Crippen molar-refractivity contribution in [2.24, 2.45) is 0 Å². The first-order valence-electron chi connectivity index (χ1n) is 8.56. The van der Waals surface area contributed by atoms with Crippen LogP contribution in [0.5, 0.6) is 0 Å². The van der Waals surface area contributed by atoms with Gasteiger partial charge in [-0.25, -0.2) is 4.79 Å². The van der Waals surface area contributed by atoms with Crippen LogP contribution in [0.25, 0.3) is 11.1 Å². The minimum absolute atomic E-state index is 0.0525. The fourth-order valence-corrected chi connectivity index (χ4v) is 3.08. The fourth-order valence-electron chi connectivity index (χ4n) is 2.89. The van der Waals surface area contributed by atoms with E-state index in [-0.39, 0.29) is 12.1 Å². The van der Waals surface area contributed by atoms with Gasteiger partial charge in [-0.15, -0.1) is 0 Å². The first-order chi connectivity index (χ1) is 13.4. The summed E-state index contributed by atoms with van der Waals surface area (Å²) in [5.74, 6) is -1.57. The van der Waals surface area contributed by atoms with E-state index >= 15 is 0 Å². The van der Waals surface area contributed by atoms with Crippen molar-refractivity contribution in [2.75, 3.05) is 0 Å². The molecule has 1 amide bonds. The average Bonchev–Trinajstić information content (AvgIpc) is 3.08. The molecular formula is C20H18ClN3O4. The molecule has 1 heterocycles. The summed E-state index contributed by atoms with van der Waals surface area (Å²) in [4.78, 5) is 39.2. The minimum Gasteiger partial charge on any atom is -0.481 e. The number of amides is 1. The van der Waals surface area contributed by atoms with Gasteiger partial charge in [0.15, 0.2) is 0 Å². The van der Waals surface area contributed by atoms with Crippen LogP contribution in [0.2, 0.25) is 5.02 Å². The van der Waals surface area contributed by atoms with Gasteiger partial charge in [0.25, 0.3) is 5.91 Å². The molecule has 0 spiro atoms. The SMILES string of the molecule is O=C(O)C[C@@H](Cc1ccc(-c2cccc(Cl)c2)cc1)NC(=O)c1c[nH]c(=O)[nH]1. The van der Waals surface area contributed by atoms with Crippen LogP contribution in [0.15, 0.2) is 59.5 Å². The van der Waals surface area contributed by atoms with E-state index in [4.69, 9.17) is 16.7 Å². The summed E-state index contributed by atoms with van der Waals surface area (Å²) in [6, 6.07) is 14.5. The van der Waals surface area contributed by atoms with Crippen molar-refractivity contribution in [3.05, 3.63) is 81.5 Å². The zero-order valence-corrected chi connectivity index (χ0v) is 15.5. The number of carboxylic acids is 1. The van der Waals surface area contributed by atoms with Crippen molar-refractivity contribution >= 4 is 23.5 Å². The predicted molar refractivity (Wildman–Crippen MR) is 106 cm³/mol. The molecule has 7 nitrogen and oxygen atoms in total. The molecule has 4 N–H and O–H groups in total. The highest BCUT2D eigenvalue weighted by atomic mass is 35.5. The van der Waals surface area contributed by atoms with Crippen LogP contribution in [0.3, 0.4) is 0 Å². The van der Waals surface area contributed by atoms with Gasteiger partial charge >= 0.3 is 11.7 Å². The molecular weight excluding hydrogens is 382 g/mol. The summed E-state index contributed by atoms with van der Waals surface area (Å²) in [5.41, 5.74) is 2.38. The molecule has 1 atom stereocenters. The number of aromatic amines is 2. The van der Waals surface area contributed by atoms with Crippen LogP contribution in [-0.2, 0) is 11.2 Å². The highest BCUT2D eigenvalue weighted by Gasteiger charge is 2.18. The van der Waals surface area contributed by atoms with Gasteiger partial charge in [-0.1, -0.05) is 48.0 Å². The largest absolute Gasteiger partial charge is 0.481 e. The lowest BCUT2D eigenvalue weighted by Crippen LogP contribution is -2.38. The summed E-state index contributed by atoms with van der Waals surface area (Å²) in [6.45, 7) is 0. The molecule has 0 saturated heterocycles. The highest BCUT2D eigenvalue weighted by molar-refractivity contribution is 6.30. The molecule has 0 bridgehead atoms. The van der Waals surface area contributed by atoms with E-state index in [1.165, 1.54) is 6.20 Å². The molecule has 3 aromatic rings. The summed E-state index contributed by atoms with van der Waals surface area (Å²) in [5, 5.41) is 12.4. The third-order valence-corrected chi connectivity index (χ3v) is 4.43. The highest BCUT2D eigenvalue weighted by Crippen LogP contribution is 2.23. The first kappa shape index (κ1) is 19.4. The maximum atomic E-state index is 12.2. The van der Waals surface area contributed by atoms with Crippen LogP contribution < -0.4 is 11.0 Å². The number of H-pyrrole nitrogens is 2. The van der Waals surface area contributed by atoms with Crippen LogP contribution in [0.1, 0.15) is 22.5 Å². The van der Waals surface area contributed by atoms with E-state index < -0.39 is 23.6 Å². The van der Waals surface area contributed by atoms with Gasteiger partial charge < -0.3 is 20.4 Å². The number of rotatable bonds is 7. The Morgan fingerprint density at radius 3 is 2.46 bits per heavy atom. The smallest absolute Gasteiger partial charge is 0.323 e. The molecule has 0 fully saturated rings. The maximum Gasteiger partial charge on any atom is 0.323 e. The van der Waals surface area contributed by atoms with E-state index in [1.54, 1.807) is 6.07 Å². The summed E-state index contributed by atoms with van der Waals surface area (Å²) in [6.07, 6.45) is 1.34. The third kappa shape index (κ3) is 5.11. The molecule has 0 unspecified atom stereocenters. The van der Waals surface area contributed by atoms with Crippen molar-refractivity contribution in [1.29, 1.82) is 0 Å². The fraction of sp³-hybridized carbons (Fsp3) is 0.150. The summed E-state index contributed by atoms with van der Waals surface area (Å²) >= 11 is 6.02. The minimum atomic E-state index is -1.02. The number of carbonyl (C=O) groups excluding carboxylic acids is 1. The standard InChI is InChI=1S/C20H18ClN3O4/c21-15-3-1-2-14(9-15)13-6-4-12(5-7-13)8-16(10-18(25)26)23-19(27)17-11-22-20(28)24-17/h1-7,9,11,16H,8,10H2,(H,23,27)(H,25,26)(H2,22,24,28)/t16-/m1/s1. The average molecular weight is 400 g/mol. The van der Waals surface area contributed by atoms with E-state index in [2.05, 4.69) is 15.3 Å². The van der Waals surface area contributed by atoms with Crippen LogP contribution in [-0.4, -0.2) is 33.0 Å². The molecule has 0 saturated carbocycles. The lowest BCUT2D eigenvalue weighted by molar-refractivity contribution is -0.137. The van der Waals surface area contributed by atoms with E-state index in [0.29, 0.717) is 11.4 Å². The second kappa shape index (κ2) is 8.58. The van der Waals surface area contributed by atoms with Gasteiger partial charge in [0.1, 0.15) is 5.69 Å². The Balaban J connectivity index is 1.72. The molecule has 2 aromatic carbocycles. The summed E-state index contributed by atoms with van der Waals surface area (Å²) < 4.78 is 0. The van der Waals surface area contributed by atoms with Crippen molar-refractivity contribution < 1.29 is 14.7 Å². The molecule has 0 radical (unpaired) electrons. The van der Waals surface area contributed by atoms with Crippen molar-refractivity contribution in [3.63, 3.8) is 0 Å². The first-order valence-corrected chi connectivity index (χ1v) is 8.94. The molecule has 144 valence electrons. The number of aromatic nitrogens is 2. The lowest BCUT2D eigenvalue weighted by Gasteiger charge is -2.17. The van der Waals surface area contributed by atoms with E-state index in [0.717, 1.165) is 16.7 Å². The van der Waals surface area contributed by atoms with Gasteiger partial charge in [0, 0.05) is 17.3 Å². The molecule has 0 aliphatic rings. The second-order valence-electron chi connectivity index (χ2n) is 6.34. The Hall–Kier alpha value is -3.32. The normalized spacial score (nSPS) is 11.8. The Morgan fingerprint density at radius 2 is 1.86 bits per heavy atom. The van der Waals surface area contributed by atoms with E-state index in [1.807, 2.05) is 42.5 Å². The van der Waals surface area contributed by atoms with Crippen molar-refractivity contribution in [2.45, 2.75) is 18.9 Å². The molecule has 8 heteroatoms. The third-order valence-electron chi connectivity index (χ3n) is 4.19. The zero-order chi connectivity index (χ0) is 20.1. The van der Waals surface area contributed by atoms with Crippen molar-refractivity contribution in [1.82, 2.24) is 15.3 Å². The van der Waals surface area contributed by atoms with Gasteiger partial charge in [0.05, 0.1) is 6.42 Å². The number of imidazole rings is 1. The molecule has 0 aliphatic heterocycles. The van der Waals surface area contributed by atoms with Crippen molar-refractivity contribution in [3.8, 4) is 11.1 Å². The Kier molecular flexibility index (Phi) is 5.96. The van der Waals surface area contributed by atoms with E-state index in [9.17, 15) is 14.4 Å². The number of hydrogen-bond acceptors (Lipinski definition) is 3. The second-order valence-corrected chi connectivity index (χ2v) is 6.77. The monoisotopic (exact) mass is 399 g/mol. The van der Waals surface area contributed by atoms with Gasteiger partial charge in [0.2, 0.25) is 0 Å². The van der Waals surface area contributed by atoms with Crippen LogP contribution in [0, 0.1) is 0 Å². The molecule has 1 aromatic heterocycles. The van der Waals surface area contributed by atoms with Gasteiger partial charge in [-0.05, 0) is 35.2 Å². The Labute approximate surface area is 165 Å². The maximum absolute atomic E-state index is 12.2. The quantitative estimate of drug-likeness (QED) is 0.489. The van der Waals surface area contributed by atoms with Gasteiger partial charge in [-0.3, -0.25) is 9.59 Å². The number of halogens is 1. The Bertz CT molecular complexity index is 1040. The number of nitrogens with one attached hydrogen (secondary N) is 3. The van der Waals surface area contributed by atoms with Crippen LogP contribution >= 0.6 is 11.6 Å². The predicted octanol–water partition coefficient (Wildman–Crippen LogP) is 2.84. The number of aliphatic carboxylic acids is 1. The molecule has 28 heavy (non-hydrogen) atoms. The zero-order valence-electron chi connectivity index (χ0n) is 14.7. The number of carboxylic acid groups (broad SMARTS) is 1. The lowest BCUT2D eigenvalue weighted by atomic mass is 9.99.